The molecule has 0 spiro atoms. The van der Waals surface area contributed by atoms with Crippen molar-refractivity contribution in [2.75, 3.05) is 31.1 Å². The number of aromatic amines is 1. The minimum absolute atomic E-state index is 0.00884. The average molecular weight is 375 g/mol. The fraction of sp³-hybridized carbons (Fsp3) is 0.474. The van der Waals surface area contributed by atoms with Gasteiger partial charge in [-0.2, -0.15) is 5.10 Å². The number of rotatable bonds is 2. The van der Waals surface area contributed by atoms with Gasteiger partial charge in [-0.3, -0.25) is 9.89 Å². The van der Waals surface area contributed by atoms with E-state index in [4.69, 9.17) is 16.3 Å². The third-order valence-corrected chi connectivity index (χ3v) is 5.41. The van der Waals surface area contributed by atoms with Crippen LogP contribution in [-0.4, -0.2) is 53.3 Å². The molecule has 0 bridgehead atoms. The first-order valence-electron chi connectivity index (χ1n) is 9.05. The summed E-state index contributed by atoms with van der Waals surface area (Å²) >= 11 is 6.09. The first kappa shape index (κ1) is 17.4. The van der Waals surface area contributed by atoms with Crippen LogP contribution in [0.2, 0.25) is 5.02 Å². The first-order chi connectivity index (χ1) is 12.5. The van der Waals surface area contributed by atoms with Crippen LogP contribution in [0.15, 0.2) is 24.3 Å². The molecule has 2 atom stereocenters. The second-order valence-electron chi connectivity index (χ2n) is 7.02. The number of hydrogen-bond acceptors (Lipinski definition) is 4. The number of nitrogens with one attached hydrogen (secondary N) is 1. The molecule has 0 saturated carbocycles. The fourth-order valence-electron chi connectivity index (χ4n) is 3.84. The van der Waals surface area contributed by atoms with E-state index in [0.717, 1.165) is 41.5 Å². The lowest BCUT2D eigenvalue weighted by atomic mass is 9.99. The largest absolute Gasteiger partial charge is 0.369 e. The second-order valence-corrected chi connectivity index (χ2v) is 7.45. The lowest BCUT2D eigenvalue weighted by molar-refractivity contribution is -0.00702. The number of aromatic nitrogens is 2. The Bertz CT molecular complexity index is 814. The number of hydrogen-bond donors (Lipinski definition) is 1. The highest BCUT2D eigenvalue weighted by Gasteiger charge is 2.32. The molecule has 7 heteroatoms. The van der Waals surface area contributed by atoms with E-state index in [1.807, 2.05) is 36.9 Å². The third-order valence-electron chi connectivity index (χ3n) is 5.18. The Morgan fingerprint density at radius 2 is 2.04 bits per heavy atom. The monoisotopic (exact) mass is 374 g/mol. The summed E-state index contributed by atoms with van der Waals surface area (Å²) in [5, 5.41) is 8.06. The highest BCUT2D eigenvalue weighted by atomic mass is 35.5. The highest BCUT2D eigenvalue weighted by molar-refractivity contribution is 6.30. The van der Waals surface area contributed by atoms with Crippen molar-refractivity contribution in [3.63, 3.8) is 0 Å². The molecule has 1 saturated heterocycles. The van der Waals surface area contributed by atoms with E-state index in [1.54, 1.807) is 0 Å². The molecule has 0 unspecified atom stereocenters. The van der Waals surface area contributed by atoms with Crippen molar-refractivity contribution in [2.24, 2.45) is 0 Å². The summed E-state index contributed by atoms with van der Waals surface area (Å²) in [6.45, 7) is 6.95. The van der Waals surface area contributed by atoms with Crippen molar-refractivity contribution in [1.82, 2.24) is 15.1 Å². The number of nitrogens with zero attached hydrogens (tertiary/aromatic N) is 3. The maximum absolute atomic E-state index is 13.0. The molecule has 26 heavy (non-hydrogen) atoms. The molecular formula is C19H23ClN4O2. The van der Waals surface area contributed by atoms with Gasteiger partial charge in [0.25, 0.3) is 5.91 Å². The third kappa shape index (κ3) is 3.19. The standard InChI is InChI=1S/C19H23ClN4O2/c1-12-10-16-17(13(2)26-12)21-22-18(16)19(25)24-8-6-23(7-9-24)15-5-3-4-14(20)11-15/h3-5,11-13H,6-10H2,1-2H3,(H,21,22)/t12-,13+/m1/s1. The van der Waals surface area contributed by atoms with E-state index in [-0.39, 0.29) is 18.1 Å². The van der Waals surface area contributed by atoms with Gasteiger partial charge < -0.3 is 14.5 Å². The minimum atomic E-state index is -0.0533. The zero-order valence-electron chi connectivity index (χ0n) is 15.0. The molecule has 2 aliphatic heterocycles. The molecule has 6 nitrogen and oxygen atoms in total. The van der Waals surface area contributed by atoms with Crippen LogP contribution in [0.3, 0.4) is 0 Å². The zero-order chi connectivity index (χ0) is 18.3. The van der Waals surface area contributed by atoms with E-state index in [1.165, 1.54) is 0 Å². The number of benzene rings is 1. The first-order valence-corrected chi connectivity index (χ1v) is 9.43. The van der Waals surface area contributed by atoms with Crippen LogP contribution in [0.25, 0.3) is 0 Å². The van der Waals surface area contributed by atoms with Gasteiger partial charge in [0.15, 0.2) is 5.69 Å². The molecule has 1 fully saturated rings. The van der Waals surface area contributed by atoms with Crippen molar-refractivity contribution in [3.05, 3.63) is 46.2 Å². The smallest absolute Gasteiger partial charge is 0.274 e. The van der Waals surface area contributed by atoms with Crippen molar-refractivity contribution < 1.29 is 9.53 Å². The summed E-state index contributed by atoms with van der Waals surface area (Å²) < 4.78 is 5.81. The highest BCUT2D eigenvalue weighted by Crippen LogP contribution is 2.31. The Labute approximate surface area is 158 Å². The van der Waals surface area contributed by atoms with Crippen molar-refractivity contribution in [3.8, 4) is 0 Å². The number of amides is 1. The number of H-pyrrole nitrogens is 1. The van der Waals surface area contributed by atoms with Gasteiger partial charge in [-0.15, -0.1) is 0 Å². The summed E-state index contributed by atoms with van der Waals surface area (Å²) in [6.07, 6.45) is 0.767. The quantitative estimate of drug-likeness (QED) is 0.877. The summed E-state index contributed by atoms with van der Waals surface area (Å²) in [7, 11) is 0. The van der Waals surface area contributed by atoms with Crippen molar-refractivity contribution in [1.29, 1.82) is 0 Å². The maximum Gasteiger partial charge on any atom is 0.274 e. The fourth-order valence-corrected chi connectivity index (χ4v) is 4.03. The Hall–Kier alpha value is -2.05. The number of halogens is 1. The molecule has 0 aliphatic carbocycles. The summed E-state index contributed by atoms with van der Waals surface area (Å²) in [4.78, 5) is 17.2. The van der Waals surface area contributed by atoms with Gasteiger partial charge in [0, 0.05) is 48.9 Å². The van der Waals surface area contributed by atoms with E-state index >= 15 is 0 Å². The summed E-state index contributed by atoms with van der Waals surface area (Å²) in [5.41, 5.74) is 3.60. The van der Waals surface area contributed by atoms with Crippen LogP contribution in [0.5, 0.6) is 0 Å². The van der Waals surface area contributed by atoms with Gasteiger partial charge in [0.2, 0.25) is 0 Å². The van der Waals surface area contributed by atoms with Crippen LogP contribution < -0.4 is 4.90 Å². The van der Waals surface area contributed by atoms with Gasteiger partial charge in [0.05, 0.1) is 17.9 Å². The molecule has 1 aromatic carbocycles. The van der Waals surface area contributed by atoms with E-state index in [2.05, 4.69) is 21.2 Å². The molecule has 2 aliphatic rings. The zero-order valence-corrected chi connectivity index (χ0v) is 15.8. The molecule has 4 rings (SSSR count). The number of carbonyl (C=O) groups is 1. The predicted octanol–water partition coefficient (Wildman–Crippen LogP) is 3.05. The topological polar surface area (TPSA) is 61.5 Å². The van der Waals surface area contributed by atoms with E-state index in [0.29, 0.717) is 18.8 Å². The Morgan fingerprint density at radius 3 is 2.77 bits per heavy atom. The van der Waals surface area contributed by atoms with Gasteiger partial charge in [0.1, 0.15) is 0 Å². The van der Waals surface area contributed by atoms with Gasteiger partial charge in [-0.1, -0.05) is 17.7 Å². The molecule has 1 N–H and O–H groups in total. The van der Waals surface area contributed by atoms with E-state index in [9.17, 15) is 4.79 Å². The predicted molar refractivity (Wildman–Crippen MR) is 101 cm³/mol. The normalized spacial score (nSPS) is 23.0. The Morgan fingerprint density at radius 1 is 1.27 bits per heavy atom. The number of anilines is 1. The lowest BCUT2D eigenvalue weighted by Gasteiger charge is -2.36. The molecule has 138 valence electrons. The number of carbonyl (C=O) groups excluding carboxylic acids is 1. The molecule has 1 aromatic heterocycles. The van der Waals surface area contributed by atoms with Crippen LogP contribution in [0, 0.1) is 0 Å². The number of fused-ring (bicyclic) bond motifs is 1. The van der Waals surface area contributed by atoms with Gasteiger partial charge in [-0.25, -0.2) is 0 Å². The average Bonchev–Trinajstić information content (AvgIpc) is 3.05. The lowest BCUT2D eigenvalue weighted by Crippen LogP contribution is -2.49. The minimum Gasteiger partial charge on any atom is -0.369 e. The van der Waals surface area contributed by atoms with Crippen LogP contribution in [0.1, 0.15) is 41.7 Å². The number of ether oxygens (including phenoxy) is 1. The summed E-state index contributed by atoms with van der Waals surface area (Å²) in [6, 6.07) is 7.84. The van der Waals surface area contributed by atoms with Crippen molar-refractivity contribution >= 4 is 23.2 Å². The van der Waals surface area contributed by atoms with Gasteiger partial charge >= 0.3 is 0 Å². The van der Waals surface area contributed by atoms with Crippen LogP contribution >= 0.6 is 11.6 Å². The molecule has 2 aromatic rings. The van der Waals surface area contributed by atoms with Crippen LogP contribution in [-0.2, 0) is 11.2 Å². The number of piperazine rings is 1. The van der Waals surface area contributed by atoms with E-state index < -0.39 is 0 Å². The SMILES string of the molecule is C[C@@H]1Cc2c(C(=O)N3CCN(c4cccc(Cl)c4)CC3)n[nH]c2[C@H](C)O1. The van der Waals surface area contributed by atoms with Crippen LogP contribution in [0.4, 0.5) is 5.69 Å². The Balaban J connectivity index is 1.46. The Kier molecular flexibility index (Phi) is 4.63. The second kappa shape index (κ2) is 6.93. The van der Waals surface area contributed by atoms with Gasteiger partial charge in [-0.05, 0) is 32.0 Å². The van der Waals surface area contributed by atoms with Crippen molar-refractivity contribution in [2.45, 2.75) is 32.5 Å². The molecule has 1 amide bonds. The summed E-state index contributed by atoms with van der Waals surface area (Å²) in [5.74, 6) is 0.00884. The molecule has 0 radical (unpaired) electrons. The maximum atomic E-state index is 13.0. The molecular weight excluding hydrogens is 352 g/mol. The molecule has 3 heterocycles.